The van der Waals surface area contributed by atoms with Gasteiger partial charge in [0.05, 0.1) is 39.9 Å². The van der Waals surface area contributed by atoms with Crippen LogP contribution in [0.25, 0.3) is 16.6 Å². The number of pyridine rings is 3. The molecule has 3 aromatic carbocycles. The number of carbonyl (C=O) groups is 3. The fourth-order valence-electron chi connectivity index (χ4n) is 10.2. The molecule has 11 rings (SSSR count). The molecule has 0 saturated heterocycles. The van der Waals surface area contributed by atoms with E-state index in [0.29, 0.717) is 10.3 Å². The van der Waals surface area contributed by atoms with Gasteiger partial charge in [-0.25, -0.2) is 24.9 Å². The van der Waals surface area contributed by atoms with Gasteiger partial charge < -0.3 is 28.6 Å². The van der Waals surface area contributed by atoms with Gasteiger partial charge in [0.25, 0.3) is 0 Å². The lowest BCUT2D eigenvalue weighted by Gasteiger charge is -2.33. The van der Waals surface area contributed by atoms with E-state index in [1.807, 2.05) is 175 Å². The van der Waals surface area contributed by atoms with Crippen molar-refractivity contribution in [3.05, 3.63) is 235 Å². The summed E-state index contributed by atoms with van der Waals surface area (Å²) in [6.07, 6.45) is 14.8. The minimum Gasteiger partial charge on any atom is -0.469 e. The molecule has 0 aliphatic carbocycles. The van der Waals surface area contributed by atoms with Crippen molar-refractivity contribution in [2.45, 2.75) is 59.3 Å². The fourth-order valence-corrected chi connectivity index (χ4v) is 12.5. The Hall–Kier alpha value is -7.16. The van der Waals surface area contributed by atoms with Crippen molar-refractivity contribution in [2.24, 2.45) is 16.2 Å². The summed E-state index contributed by atoms with van der Waals surface area (Å²) >= 11 is 13.2. The summed E-state index contributed by atoms with van der Waals surface area (Å²) in [5.74, 6) is -0.773. The summed E-state index contributed by atoms with van der Waals surface area (Å²) in [7, 11) is 1.43. The summed E-state index contributed by atoms with van der Waals surface area (Å²) in [5, 5.41) is 10.8. The molecule has 0 radical (unpaired) electrons. The van der Waals surface area contributed by atoms with Crippen LogP contribution in [0.2, 0.25) is 0 Å². The molecule has 3 atom stereocenters. The number of benzene rings is 3. The Morgan fingerprint density at radius 3 is 1.05 bits per heavy atom. The standard InChI is InChI=1S/2C21H19BrN4OS.C19H19BrN2O2/c2*1-21(2,19(27)25-20-23-10-11-28-20)17(14-6-4-3-5-7-14)15-8-9-16-18(22)24-13-26(16)12-15;1-19(2,18(23)24-3)16(13-7-5-4-6-8-13)14-9-10-15-17(20)21-12-22(15)11-14/h2*3-13,17H,1-2H3,(H,23,25,27);4-12,16H,1-3H3. The van der Waals surface area contributed by atoms with Gasteiger partial charge >= 0.3 is 5.97 Å². The summed E-state index contributed by atoms with van der Waals surface area (Å²) in [4.78, 5) is 60.1. The molecule has 14 nitrogen and oxygen atoms in total. The third kappa shape index (κ3) is 12.4. The Morgan fingerprint density at radius 2 is 0.762 bits per heavy atom. The second kappa shape index (κ2) is 24.7. The lowest BCUT2D eigenvalue weighted by Crippen LogP contribution is -2.37. The zero-order valence-electron chi connectivity index (χ0n) is 44.8. The van der Waals surface area contributed by atoms with E-state index in [0.717, 1.165) is 63.7 Å². The van der Waals surface area contributed by atoms with Crippen LogP contribution in [0.3, 0.4) is 0 Å². The Labute approximate surface area is 497 Å². The lowest BCUT2D eigenvalue weighted by molar-refractivity contribution is -0.151. The minimum atomic E-state index is -0.710. The highest BCUT2D eigenvalue weighted by Crippen LogP contribution is 2.45. The van der Waals surface area contributed by atoms with Crippen LogP contribution in [0.4, 0.5) is 10.3 Å². The third-order valence-electron chi connectivity index (χ3n) is 14.3. The zero-order chi connectivity index (χ0) is 56.8. The molecule has 0 spiro atoms. The van der Waals surface area contributed by atoms with Crippen LogP contribution >= 0.6 is 70.5 Å². The van der Waals surface area contributed by atoms with Crippen molar-refractivity contribution in [3.63, 3.8) is 0 Å². The molecule has 0 saturated carbocycles. The molecule has 0 aliphatic rings. The first kappa shape index (κ1) is 57.5. The first-order chi connectivity index (χ1) is 38.4. The molecule has 8 heterocycles. The van der Waals surface area contributed by atoms with Gasteiger partial charge in [0.15, 0.2) is 10.3 Å². The molecule has 80 heavy (non-hydrogen) atoms. The van der Waals surface area contributed by atoms with Gasteiger partial charge in [0.1, 0.15) is 32.8 Å². The number of aromatic nitrogens is 8. The van der Waals surface area contributed by atoms with Crippen molar-refractivity contribution in [1.82, 2.24) is 38.1 Å². The number of anilines is 2. The predicted molar refractivity (Wildman–Crippen MR) is 328 cm³/mol. The normalized spacial score (nSPS) is 12.9. The molecule has 11 aromatic rings. The fraction of sp³-hybridized carbons (Fsp3) is 0.213. The van der Waals surface area contributed by atoms with Crippen molar-refractivity contribution in [3.8, 4) is 0 Å². The SMILES string of the molecule is CC(C)(C(=O)Nc1nccs1)C(c1ccccc1)c1ccc2c(Br)ncn2c1.CC(C)(C(=O)Nc1nccs1)C(c1ccccc1)c1ccc2c(Br)ncn2c1.COC(=O)C(C)(C)C(c1ccccc1)c1ccc2c(Br)ncn2c1. The number of hydrogen-bond acceptors (Lipinski definition) is 11. The number of methoxy groups -OCH3 is 1. The van der Waals surface area contributed by atoms with Gasteiger partial charge in [0.2, 0.25) is 11.8 Å². The van der Waals surface area contributed by atoms with Crippen molar-refractivity contribution in [1.29, 1.82) is 0 Å². The summed E-state index contributed by atoms with van der Waals surface area (Å²) < 4.78 is 13.4. The van der Waals surface area contributed by atoms with E-state index >= 15 is 0 Å². The molecule has 19 heteroatoms. The van der Waals surface area contributed by atoms with Crippen LogP contribution in [0, 0.1) is 16.2 Å². The molecule has 3 unspecified atom stereocenters. The van der Waals surface area contributed by atoms with Gasteiger partial charge in [-0.05, 0) is 113 Å². The van der Waals surface area contributed by atoms with E-state index < -0.39 is 16.2 Å². The first-order valence-corrected chi connectivity index (χ1v) is 29.5. The number of halogens is 3. The molecule has 8 aromatic heterocycles. The molecular formula is C61H57Br3N10O4S2. The van der Waals surface area contributed by atoms with Crippen molar-refractivity contribution >= 4 is 115 Å². The minimum absolute atomic E-state index is 0.0665. The Balaban J connectivity index is 0.000000146. The van der Waals surface area contributed by atoms with Crippen molar-refractivity contribution < 1.29 is 19.1 Å². The summed E-state index contributed by atoms with van der Waals surface area (Å²) in [6, 6.07) is 42.5. The van der Waals surface area contributed by atoms with Gasteiger partial charge in [-0.3, -0.25) is 14.4 Å². The van der Waals surface area contributed by atoms with E-state index in [-0.39, 0.29) is 35.5 Å². The first-order valence-electron chi connectivity index (χ1n) is 25.4. The van der Waals surface area contributed by atoms with Crippen LogP contribution in [-0.4, -0.2) is 63.0 Å². The molecule has 2 N–H and O–H groups in total. The number of hydrogen-bond donors (Lipinski definition) is 2. The van der Waals surface area contributed by atoms with E-state index in [1.165, 1.54) is 29.8 Å². The highest BCUT2D eigenvalue weighted by Gasteiger charge is 2.42. The number of esters is 1. The van der Waals surface area contributed by atoms with Crippen LogP contribution in [0.5, 0.6) is 0 Å². The van der Waals surface area contributed by atoms with E-state index in [4.69, 9.17) is 4.74 Å². The Bertz CT molecular complexity index is 3710. The predicted octanol–water partition coefficient (Wildman–Crippen LogP) is 15.1. The van der Waals surface area contributed by atoms with Crippen molar-refractivity contribution in [2.75, 3.05) is 17.7 Å². The molecule has 0 aliphatic heterocycles. The summed E-state index contributed by atoms with van der Waals surface area (Å²) in [6.45, 7) is 11.7. The second-order valence-electron chi connectivity index (χ2n) is 20.6. The molecule has 0 fully saturated rings. The van der Waals surface area contributed by atoms with Crippen LogP contribution < -0.4 is 10.6 Å². The smallest absolute Gasteiger partial charge is 0.312 e. The number of imidazole rings is 3. The molecule has 2 amide bonds. The van der Waals surface area contributed by atoms with Crippen LogP contribution in [0.15, 0.2) is 202 Å². The quantitative estimate of drug-likeness (QED) is 0.101. The maximum absolute atomic E-state index is 13.2. The molecule has 408 valence electrons. The molecular weight excluding hydrogens is 1240 g/mol. The maximum Gasteiger partial charge on any atom is 0.312 e. The van der Waals surface area contributed by atoms with Gasteiger partial charge in [-0.1, -0.05) is 137 Å². The zero-order valence-corrected chi connectivity index (χ0v) is 51.2. The van der Waals surface area contributed by atoms with E-state index in [2.05, 4.69) is 120 Å². The monoisotopic (exact) mass is 1290 g/mol. The van der Waals surface area contributed by atoms with E-state index in [9.17, 15) is 14.4 Å². The van der Waals surface area contributed by atoms with Gasteiger partial charge in [0, 0.05) is 59.5 Å². The number of amides is 2. The largest absolute Gasteiger partial charge is 0.469 e. The Kier molecular flexibility index (Phi) is 17.8. The second-order valence-corrected chi connectivity index (χ2v) is 24.7. The average Bonchev–Trinajstić information content (AvgIpc) is 4.37. The number of ether oxygens (including phenoxy) is 1. The van der Waals surface area contributed by atoms with Crippen LogP contribution in [-0.2, 0) is 19.1 Å². The number of carbonyl (C=O) groups excluding carboxylic acids is 3. The van der Waals surface area contributed by atoms with Gasteiger partial charge in [-0.15, -0.1) is 22.7 Å². The van der Waals surface area contributed by atoms with E-state index in [1.54, 1.807) is 31.4 Å². The van der Waals surface area contributed by atoms with Gasteiger partial charge in [-0.2, -0.15) is 0 Å². The molecule has 0 bridgehead atoms. The highest BCUT2D eigenvalue weighted by molar-refractivity contribution is 9.11. The lowest BCUT2D eigenvalue weighted by atomic mass is 9.71. The summed E-state index contributed by atoms with van der Waals surface area (Å²) in [5.41, 5.74) is 7.20. The number of nitrogens with one attached hydrogen (secondary N) is 2. The maximum atomic E-state index is 13.2. The Morgan fingerprint density at radius 1 is 0.450 bits per heavy atom. The average molecular weight is 1300 g/mol. The number of nitrogens with zero attached hydrogens (tertiary/aromatic N) is 8. The number of thiazole rings is 2. The topological polar surface area (TPSA) is 162 Å². The van der Waals surface area contributed by atoms with Crippen LogP contribution in [0.1, 0.15) is 92.7 Å². The number of fused-ring (bicyclic) bond motifs is 3. The highest BCUT2D eigenvalue weighted by atomic mass is 79.9. The third-order valence-corrected chi connectivity index (χ3v) is 17.5. The number of rotatable bonds is 14.